The first kappa shape index (κ1) is 10.6. The fourth-order valence-electron chi connectivity index (χ4n) is 1.08. The first-order valence-corrected chi connectivity index (χ1v) is 4.89. The van der Waals surface area contributed by atoms with Crippen LogP contribution in [0, 0.1) is 0 Å². The third kappa shape index (κ3) is 2.45. The van der Waals surface area contributed by atoms with E-state index >= 15 is 0 Å². The number of halogens is 2. The maximum absolute atomic E-state index is 11.5. The van der Waals surface area contributed by atoms with Crippen molar-refractivity contribution in [3.05, 3.63) is 33.8 Å². The predicted octanol–water partition coefficient (Wildman–Crippen LogP) is 3.98. The van der Waals surface area contributed by atoms with Crippen molar-refractivity contribution in [1.82, 2.24) is 0 Å². The average molecular weight is 217 g/mol. The fraction of sp³-hybridized carbons (Fsp3) is 0.300. The molecule has 0 saturated heterocycles. The molecule has 1 aromatic carbocycles. The van der Waals surface area contributed by atoms with Gasteiger partial charge in [0, 0.05) is 12.0 Å². The summed E-state index contributed by atoms with van der Waals surface area (Å²) in [5.74, 6) is 0.0509. The predicted molar refractivity (Wildman–Crippen MR) is 55.7 cm³/mol. The first-order chi connectivity index (χ1) is 6.16. The Kier molecular flexibility index (Phi) is 3.76. The number of hydrogen-bond acceptors (Lipinski definition) is 1. The van der Waals surface area contributed by atoms with Gasteiger partial charge in [0.2, 0.25) is 0 Å². The van der Waals surface area contributed by atoms with E-state index in [9.17, 15) is 4.79 Å². The van der Waals surface area contributed by atoms with E-state index in [0.29, 0.717) is 22.0 Å². The van der Waals surface area contributed by atoms with Crippen molar-refractivity contribution in [3.8, 4) is 0 Å². The minimum Gasteiger partial charge on any atom is -0.294 e. The van der Waals surface area contributed by atoms with Crippen LogP contribution in [0.25, 0.3) is 0 Å². The summed E-state index contributed by atoms with van der Waals surface area (Å²) in [5.41, 5.74) is 0.524. The van der Waals surface area contributed by atoms with Gasteiger partial charge in [-0.15, -0.1) is 0 Å². The summed E-state index contributed by atoms with van der Waals surface area (Å²) in [4.78, 5) is 11.5. The molecule has 13 heavy (non-hydrogen) atoms. The van der Waals surface area contributed by atoms with Gasteiger partial charge in [-0.2, -0.15) is 0 Å². The van der Waals surface area contributed by atoms with Crippen molar-refractivity contribution in [2.45, 2.75) is 19.8 Å². The summed E-state index contributed by atoms with van der Waals surface area (Å²) >= 11 is 11.6. The van der Waals surface area contributed by atoms with Crippen molar-refractivity contribution < 1.29 is 4.79 Å². The van der Waals surface area contributed by atoms with Crippen LogP contribution in [0.4, 0.5) is 0 Å². The molecule has 0 unspecified atom stereocenters. The van der Waals surface area contributed by atoms with Crippen LogP contribution < -0.4 is 0 Å². The molecule has 0 atom stereocenters. The van der Waals surface area contributed by atoms with Crippen molar-refractivity contribution >= 4 is 29.0 Å². The minimum atomic E-state index is 0.0509. The van der Waals surface area contributed by atoms with Crippen LogP contribution in [-0.2, 0) is 0 Å². The second kappa shape index (κ2) is 4.64. The summed E-state index contributed by atoms with van der Waals surface area (Å²) in [6.07, 6.45) is 1.34. The molecule has 0 aliphatic carbocycles. The molecule has 0 radical (unpaired) electrons. The molecule has 70 valence electrons. The lowest BCUT2D eigenvalue weighted by Crippen LogP contribution is -1.98. The number of carbonyl (C=O) groups is 1. The van der Waals surface area contributed by atoms with Gasteiger partial charge in [0.1, 0.15) is 0 Å². The SMILES string of the molecule is CCCC(=O)c1cccc(Cl)c1Cl. The summed E-state index contributed by atoms with van der Waals surface area (Å²) in [6.45, 7) is 1.95. The smallest absolute Gasteiger partial charge is 0.164 e. The van der Waals surface area contributed by atoms with Gasteiger partial charge < -0.3 is 0 Å². The molecule has 0 N–H and O–H groups in total. The summed E-state index contributed by atoms with van der Waals surface area (Å²) < 4.78 is 0. The van der Waals surface area contributed by atoms with E-state index in [1.807, 2.05) is 6.92 Å². The van der Waals surface area contributed by atoms with Crippen molar-refractivity contribution in [1.29, 1.82) is 0 Å². The molecule has 0 saturated carbocycles. The number of Topliss-reactive ketones (excluding diaryl/α,β-unsaturated/α-hetero) is 1. The summed E-state index contributed by atoms with van der Waals surface area (Å²) in [7, 11) is 0. The molecule has 0 aliphatic heterocycles. The zero-order valence-corrected chi connectivity index (χ0v) is 8.82. The normalized spacial score (nSPS) is 10.1. The van der Waals surface area contributed by atoms with E-state index in [1.54, 1.807) is 18.2 Å². The summed E-state index contributed by atoms with van der Waals surface area (Å²) in [6, 6.07) is 5.11. The van der Waals surface area contributed by atoms with E-state index in [1.165, 1.54) is 0 Å². The second-order valence-electron chi connectivity index (χ2n) is 2.77. The van der Waals surface area contributed by atoms with E-state index in [4.69, 9.17) is 23.2 Å². The quantitative estimate of drug-likeness (QED) is 0.700. The van der Waals surface area contributed by atoms with Crippen LogP contribution in [0.15, 0.2) is 18.2 Å². The Morgan fingerprint density at radius 2 is 2.08 bits per heavy atom. The van der Waals surface area contributed by atoms with Gasteiger partial charge in [-0.3, -0.25) is 4.79 Å². The fourth-order valence-corrected chi connectivity index (χ4v) is 1.49. The molecule has 0 amide bonds. The molecular formula is C10H10Cl2O. The lowest BCUT2D eigenvalue weighted by atomic mass is 10.1. The highest BCUT2D eigenvalue weighted by Gasteiger charge is 2.10. The number of rotatable bonds is 3. The van der Waals surface area contributed by atoms with Gasteiger partial charge in [-0.05, 0) is 18.6 Å². The van der Waals surface area contributed by atoms with Crippen molar-refractivity contribution in [2.24, 2.45) is 0 Å². The van der Waals surface area contributed by atoms with Gasteiger partial charge in [0.15, 0.2) is 5.78 Å². The molecule has 1 nitrogen and oxygen atoms in total. The first-order valence-electron chi connectivity index (χ1n) is 4.14. The van der Waals surface area contributed by atoms with Gasteiger partial charge in [-0.25, -0.2) is 0 Å². The van der Waals surface area contributed by atoms with Crippen molar-refractivity contribution in [2.75, 3.05) is 0 Å². The zero-order valence-electron chi connectivity index (χ0n) is 7.31. The van der Waals surface area contributed by atoms with E-state index in [0.717, 1.165) is 6.42 Å². The van der Waals surface area contributed by atoms with Crippen LogP contribution in [0.1, 0.15) is 30.1 Å². The van der Waals surface area contributed by atoms with Crippen molar-refractivity contribution in [3.63, 3.8) is 0 Å². The molecule has 0 heterocycles. The molecule has 0 aromatic heterocycles. The Balaban J connectivity index is 3.01. The Morgan fingerprint density at radius 3 is 2.69 bits per heavy atom. The maximum atomic E-state index is 11.5. The number of carbonyl (C=O) groups excluding carboxylic acids is 1. The minimum absolute atomic E-state index is 0.0509. The molecule has 1 rings (SSSR count). The van der Waals surface area contributed by atoms with Gasteiger partial charge >= 0.3 is 0 Å². The largest absolute Gasteiger partial charge is 0.294 e. The van der Waals surface area contributed by atoms with Crippen LogP contribution in [0.2, 0.25) is 10.0 Å². The third-order valence-electron chi connectivity index (χ3n) is 1.73. The third-order valence-corrected chi connectivity index (χ3v) is 2.55. The molecule has 1 aromatic rings. The Hall–Kier alpha value is -0.530. The monoisotopic (exact) mass is 216 g/mol. The lowest BCUT2D eigenvalue weighted by molar-refractivity contribution is 0.0982. The molecule has 0 spiro atoms. The van der Waals surface area contributed by atoms with Crippen LogP contribution >= 0.6 is 23.2 Å². The Morgan fingerprint density at radius 1 is 1.38 bits per heavy atom. The highest BCUT2D eigenvalue weighted by Crippen LogP contribution is 2.26. The van der Waals surface area contributed by atoms with Gasteiger partial charge in [0.25, 0.3) is 0 Å². The number of benzene rings is 1. The number of ketones is 1. The van der Waals surface area contributed by atoms with E-state index < -0.39 is 0 Å². The van der Waals surface area contributed by atoms with Gasteiger partial charge in [0.05, 0.1) is 10.0 Å². The maximum Gasteiger partial charge on any atom is 0.164 e. The standard InChI is InChI=1S/C10H10Cl2O/c1-2-4-9(13)7-5-3-6-8(11)10(7)12/h3,5-6H,2,4H2,1H3. The average Bonchev–Trinajstić information content (AvgIpc) is 2.10. The topological polar surface area (TPSA) is 17.1 Å². The van der Waals surface area contributed by atoms with Crippen LogP contribution in [0.5, 0.6) is 0 Å². The van der Waals surface area contributed by atoms with E-state index in [-0.39, 0.29) is 5.78 Å². The summed E-state index contributed by atoms with van der Waals surface area (Å²) in [5, 5.41) is 0.797. The molecular weight excluding hydrogens is 207 g/mol. The van der Waals surface area contributed by atoms with Crippen LogP contribution in [0.3, 0.4) is 0 Å². The highest BCUT2D eigenvalue weighted by molar-refractivity contribution is 6.43. The van der Waals surface area contributed by atoms with Crippen LogP contribution in [-0.4, -0.2) is 5.78 Å². The second-order valence-corrected chi connectivity index (χ2v) is 3.56. The highest BCUT2D eigenvalue weighted by atomic mass is 35.5. The van der Waals surface area contributed by atoms with Gasteiger partial charge in [-0.1, -0.05) is 36.2 Å². The zero-order chi connectivity index (χ0) is 9.84. The lowest BCUT2D eigenvalue weighted by Gasteiger charge is -2.02. The molecule has 3 heteroatoms. The molecule has 0 bridgehead atoms. The molecule has 0 fully saturated rings. The number of hydrogen-bond donors (Lipinski definition) is 0. The van der Waals surface area contributed by atoms with E-state index in [2.05, 4.69) is 0 Å². The Labute approximate surface area is 87.7 Å². The Bertz CT molecular complexity index is 321. The molecule has 0 aliphatic rings.